The molecule has 0 unspecified atom stereocenters. The summed E-state index contributed by atoms with van der Waals surface area (Å²) in [6, 6.07) is 10.4. The van der Waals surface area contributed by atoms with Gasteiger partial charge in [-0.05, 0) is 54.7 Å². The molecule has 1 saturated heterocycles. The summed E-state index contributed by atoms with van der Waals surface area (Å²) in [5, 5.41) is 2.88. The average Bonchev–Trinajstić information content (AvgIpc) is 3.12. The molecule has 0 atom stereocenters. The van der Waals surface area contributed by atoms with Crippen LogP contribution < -0.4 is 11.0 Å². The van der Waals surface area contributed by atoms with Gasteiger partial charge in [-0.3, -0.25) is 4.79 Å². The highest BCUT2D eigenvalue weighted by Gasteiger charge is 2.30. The zero-order chi connectivity index (χ0) is 22.0. The minimum absolute atomic E-state index is 0.0515. The van der Waals surface area contributed by atoms with Crippen LogP contribution in [0.1, 0.15) is 24.8 Å². The van der Waals surface area contributed by atoms with Gasteiger partial charge in [0, 0.05) is 26.1 Å². The first-order valence-corrected chi connectivity index (χ1v) is 11.5. The number of fused-ring (bicyclic) bond motifs is 1. The molecule has 0 radical (unpaired) electrons. The minimum Gasteiger partial charge on any atom is -0.352 e. The van der Waals surface area contributed by atoms with Gasteiger partial charge in [0.25, 0.3) is 0 Å². The summed E-state index contributed by atoms with van der Waals surface area (Å²) in [6.07, 6.45) is 1.45. The molecule has 10 heteroatoms. The van der Waals surface area contributed by atoms with E-state index in [4.69, 9.17) is 0 Å². The summed E-state index contributed by atoms with van der Waals surface area (Å²) in [5.41, 5.74) is 1.98. The number of hydrogen-bond donors (Lipinski definition) is 3. The smallest absolute Gasteiger partial charge is 0.323 e. The topological polar surface area (TPSA) is 115 Å². The number of carbonyl (C=O) groups excluding carboxylic acids is 1. The molecule has 0 bridgehead atoms. The first kappa shape index (κ1) is 21.3. The molecular weight excluding hydrogens is 423 g/mol. The van der Waals surface area contributed by atoms with E-state index in [0.29, 0.717) is 49.9 Å². The van der Waals surface area contributed by atoms with Crippen LogP contribution in [0.3, 0.4) is 0 Å². The van der Waals surface area contributed by atoms with Crippen LogP contribution in [0.5, 0.6) is 0 Å². The second-order valence-corrected chi connectivity index (χ2v) is 9.68. The van der Waals surface area contributed by atoms with E-state index in [-0.39, 0.29) is 22.4 Å². The summed E-state index contributed by atoms with van der Waals surface area (Å²) in [6.45, 7) is 0.942. The molecule has 4 rings (SSSR count). The maximum atomic E-state index is 13.4. The predicted octanol–water partition coefficient (Wildman–Crippen LogP) is 2.10. The Hall–Kier alpha value is -2.98. The molecule has 2 aromatic carbocycles. The summed E-state index contributed by atoms with van der Waals surface area (Å²) in [5.74, 6) is -0.605. The van der Waals surface area contributed by atoms with E-state index < -0.39 is 15.8 Å². The lowest BCUT2D eigenvalue weighted by Crippen LogP contribution is -2.39. The highest BCUT2D eigenvalue weighted by atomic mass is 32.2. The number of hydrogen-bond acceptors (Lipinski definition) is 4. The molecule has 1 fully saturated rings. The zero-order valence-corrected chi connectivity index (χ0v) is 17.5. The SMILES string of the molecule is O=C(CC1CCN(S(=O)(=O)c2cccc(F)c2)CC1)NCc1ccc2[nH]c(=O)[nH]c2c1. The summed E-state index contributed by atoms with van der Waals surface area (Å²) < 4.78 is 40.1. The fraction of sp³-hybridized carbons (Fsp3) is 0.333. The molecule has 0 aliphatic carbocycles. The average molecular weight is 447 g/mol. The number of sulfonamides is 1. The molecule has 3 N–H and O–H groups in total. The zero-order valence-electron chi connectivity index (χ0n) is 16.7. The van der Waals surface area contributed by atoms with Gasteiger partial charge < -0.3 is 15.3 Å². The van der Waals surface area contributed by atoms with Crippen molar-refractivity contribution in [3.05, 3.63) is 64.3 Å². The Kier molecular flexibility index (Phi) is 5.92. The summed E-state index contributed by atoms with van der Waals surface area (Å²) in [4.78, 5) is 29.0. The molecule has 2 heterocycles. The first-order valence-electron chi connectivity index (χ1n) is 10.0. The van der Waals surface area contributed by atoms with Gasteiger partial charge in [0.1, 0.15) is 5.82 Å². The van der Waals surface area contributed by atoms with Crippen LogP contribution in [-0.4, -0.2) is 41.7 Å². The molecule has 0 spiro atoms. The molecule has 1 aliphatic rings. The lowest BCUT2D eigenvalue weighted by molar-refractivity contribution is -0.122. The molecule has 0 saturated carbocycles. The van der Waals surface area contributed by atoms with Gasteiger partial charge in [0.2, 0.25) is 15.9 Å². The van der Waals surface area contributed by atoms with E-state index in [2.05, 4.69) is 15.3 Å². The first-order chi connectivity index (χ1) is 14.8. The molecule has 3 aromatic rings. The molecular formula is C21H23FN4O4S. The predicted molar refractivity (Wildman–Crippen MR) is 113 cm³/mol. The monoisotopic (exact) mass is 446 g/mol. The molecule has 1 aliphatic heterocycles. The maximum Gasteiger partial charge on any atom is 0.323 e. The standard InChI is InChI=1S/C21H23FN4O4S/c22-16-2-1-3-17(12-16)31(29,30)26-8-6-14(7-9-26)11-20(27)23-13-15-4-5-18-19(10-15)25-21(28)24-18/h1-5,10,12,14H,6-9,11,13H2,(H,23,27)(H2,24,25,28). The Labute approximate surface area is 178 Å². The van der Waals surface area contributed by atoms with Crippen LogP contribution in [-0.2, 0) is 21.4 Å². The number of nitrogens with zero attached hydrogens (tertiary/aromatic N) is 1. The molecule has 31 heavy (non-hydrogen) atoms. The second kappa shape index (κ2) is 8.64. The van der Waals surface area contributed by atoms with Crippen LogP contribution >= 0.6 is 0 Å². The fourth-order valence-electron chi connectivity index (χ4n) is 3.85. The van der Waals surface area contributed by atoms with Crippen molar-refractivity contribution in [3.63, 3.8) is 0 Å². The number of aromatic amines is 2. The van der Waals surface area contributed by atoms with Gasteiger partial charge in [-0.25, -0.2) is 17.6 Å². The summed E-state index contributed by atoms with van der Waals surface area (Å²) in [7, 11) is -3.73. The van der Waals surface area contributed by atoms with Crippen LogP contribution in [0.15, 0.2) is 52.2 Å². The number of nitrogens with one attached hydrogen (secondary N) is 3. The normalized spacial score (nSPS) is 15.9. The van der Waals surface area contributed by atoms with Crippen molar-refractivity contribution in [1.29, 1.82) is 0 Å². The van der Waals surface area contributed by atoms with Crippen LogP contribution in [0.2, 0.25) is 0 Å². The number of carbonyl (C=O) groups is 1. The number of aromatic nitrogens is 2. The molecule has 1 aromatic heterocycles. The van der Waals surface area contributed by atoms with E-state index in [1.54, 1.807) is 6.07 Å². The van der Waals surface area contributed by atoms with E-state index in [0.717, 1.165) is 11.6 Å². The lowest BCUT2D eigenvalue weighted by Gasteiger charge is -2.31. The van der Waals surface area contributed by atoms with Crippen molar-refractivity contribution in [2.75, 3.05) is 13.1 Å². The van der Waals surface area contributed by atoms with Crippen molar-refractivity contribution in [1.82, 2.24) is 19.6 Å². The number of piperidine rings is 1. The number of benzene rings is 2. The quantitative estimate of drug-likeness (QED) is 0.538. The lowest BCUT2D eigenvalue weighted by atomic mass is 9.94. The minimum atomic E-state index is -3.73. The Morgan fingerprint density at radius 3 is 2.58 bits per heavy atom. The molecule has 164 valence electrons. The highest BCUT2D eigenvalue weighted by Crippen LogP contribution is 2.26. The van der Waals surface area contributed by atoms with Crippen molar-refractivity contribution in [3.8, 4) is 0 Å². The van der Waals surface area contributed by atoms with E-state index in [1.165, 1.54) is 22.5 Å². The number of imidazole rings is 1. The van der Waals surface area contributed by atoms with Crippen LogP contribution in [0.25, 0.3) is 11.0 Å². The van der Waals surface area contributed by atoms with Crippen LogP contribution in [0, 0.1) is 11.7 Å². The van der Waals surface area contributed by atoms with E-state index in [1.807, 2.05) is 12.1 Å². The number of H-pyrrole nitrogens is 2. The van der Waals surface area contributed by atoms with Gasteiger partial charge >= 0.3 is 5.69 Å². The Morgan fingerprint density at radius 1 is 1.10 bits per heavy atom. The Bertz CT molecular complexity index is 1260. The largest absolute Gasteiger partial charge is 0.352 e. The van der Waals surface area contributed by atoms with E-state index >= 15 is 0 Å². The van der Waals surface area contributed by atoms with Gasteiger partial charge in [-0.2, -0.15) is 4.31 Å². The number of amides is 1. The molecule has 8 nitrogen and oxygen atoms in total. The fourth-order valence-corrected chi connectivity index (χ4v) is 5.36. The third-order valence-corrected chi connectivity index (χ3v) is 7.45. The van der Waals surface area contributed by atoms with Crippen molar-refractivity contribution >= 4 is 27.0 Å². The van der Waals surface area contributed by atoms with Crippen molar-refractivity contribution in [2.24, 2.45) is 5.92 Å². The van der Waals surface area contributed by atoms with Gasteiger partial charge in [0.05, 0.1) is 15.9 Å². The Balaban J connectivity index is 1.28. The third kappa shape index (κ3) is 4.86. The number of rotatable bonds is 6. The third-order valence-electron chi connectivity index (χ3n) is 5.55. The van der Waals surface area contributed by atoms with Crippen LogP contribution in [0.4, 0.5) is 4.39 Å². The highest BCUT2D eigenvalue weighted by molar-refractivity contribution is 7.89. The number of halogens is 1. The van der Waals surface area contributed by atoms with Gasteiger partial charge in [-0.1, -0.05) is 12.1 Å². The van der Waals surface area contributed by atoms with E-state index in [9.17, 15) is 22.4 Å². The van der Waals surface area contributed by atoms with Crippen molar-refractivity contribution < 1.29 is 17.6 Å². The second-order valence-electron chi connectivity index (χ2n) is 7.74. The maximum absolute atomic E-state index is 13.4. The Morgan fingerprint density at radius 2 is 1.84 bits per heavy atom. The summed E-state index contributed by atoms with van der Waals surface area (Å²) >= 11 is 0. The van der Waals surface area contributed by atoms with Gasteiger partial charge in [-0.15, -0.1) is 0 Å². The molecule has 1 amide bonds. The van der Waals surface area contributed by atoms with Gasteiger partial charge in [0.15, 0.2) is 0 Å². The van der Waals surface area contributed by atoms with Crippen molar-refractivity contribution in [2.45, 2.75) is 30.7 Å².